The van der Waals surface area contributed by atoms with E-state index in [0.29, 0.717) is 10.8 Å². The number of aliphatic carboxylic acids is 1. The summed E-state index contributed by atoms with van der Waals surface area (Å²) >= 11 is 0. The zero-order valence-corrected chi connectivity index (χ0v) is 12.8. The molecule has 2 rings (SSSR count). The van der Waals surface area contributed by atoms with Gasteiger partial charge in [0, 0.05) is 30.2 Å². The van der Waals surface area contributed by atoms with E-state index in [1.807, 2.05) is 0 Å². The number of nitrogens with zero attached hydrogens (tertiary/aromatic N) is 2. The Morgan fingerprint density at radius 1 is 1.29 bits per heavy atom. The van der Waals surface area contributed by atoms with Crippen molar-refractivity contribution in [2.24, 2.45) is 0 Å². The van der Waals surface area contributed by atoms with Crippen LogP contribution in [0.1, 0.15) is 13.8 Å². The molecule has 1 aromatic carbocycles. The van der Waals surface area contributed by atoms with Crippen LogP contribution in [0, 0.1) is 0 Å². The van der Waals surface area contributed by atoms with E-state index in [0.717, 1.165) is 4.31 Å². The number of benzene rings is 1. The molecule has 0 radical (unpaired) electrons. The summed E-state index contributed by atoms with van der Waals surface area (Å²) in [6.07, 6.45) is 3.07. The van der Waals surface area contributed by atoms with E-state index in [1.54, 1.807) is 24.4 Å². The summed E-state index contributed by atoms with van der Waals surface area (Å²) < 4.78 is 26.4. The monoisotopic (exact) mass is 308 g/mol. The van der Waals surface area contributed by atoms with Crippen molar-refractivity contribution in [2.75, 3.05) is 7.05 Å². The number of pyridine rings is 1. The predicted octanol–water partition coefficient (Wildman–Crippen LogP) is 1.72. The molecule has 1 N–H and O–H groups in total. The third-order valence-electron chi connectivity index (χ3n) is 3.59. The Balaban J connectivity index is 2.66. The Labute approximate surface area is 123 Å². The van der Waals surface area contributed by atoms with Crippen LogP contribution in [0.4, 0.5) is 0 Å². The van der Waals surface area contributed by atoms with Crippen molar-refractivity contribution in [3.8, 4) is 0 Å². The number of carbonyl (C=O) groups is 1. The Morgan fingerprint density at radius 3 is 2.57 bits per heavy atom. The van der Waals surface area contributed by atoms with Gasteiger partial charge < -0.3 is 5.11 Å². The molecule has 2 aromatic rings. The molecule has 0 aliphatic carbocycles. The fourth-order valence-corrected chi connectivity index (χ4v) is 3.59. The highest BCUT2D eigenvalue weighted by atomic mass is 32.2. The lowest BCUT2D eigenvalue weighted by molar-refractivity contribution is -0.145. The van der Waals surface area contributed by atoms with Crippen molar-refractivity contribution in [1.29, 1.82) is 0 Å². The van der Waals surface area contributed by atoms with Crippen LogP contribution in [0.5, 0.6) is 0 Å². The first kappa shape index (κ1) is 15.4. The van der Waals surface area contributed by atoms with Gasteiger partial charge in [-0.1, -0.05) is 12.1 Å². The first-order valence-electron chi connectivity index (χ1n) is 6.24. The summed E-state index contributed by atoms with van der Waals surface area (Å²) in [5.41, 5.74) is -1.55. The second kappa shape index (κ2) is 5.09. The van der Waals surface area contributed by atoms with Crippen molar-refractivity contribution in [3.05, 3.63) is 36.7 Å². The molecule has 1 heterocycles. The lowest BCUT2D eigenvalue weighted by atomic mass is 10.1. The summed E-state index contributed by atoms with van der Waals surface area (Å²) in [5, 5.41) is 10.4. The average Bonchev–Trinajstić information content (AvgIpc) is 2.45. The Morgan fingerprint density at radius 2 is 1.95 bits per heavy atom. The number of carboxylic acids is 1. The molecule has 1 aromatic heterocycles. The highest BCUT2D eigenvalue weighted by molar-refractivity contribution is 7.89. The Bertz CT molecular complexity index is 794. The van der Waals surface area contributed by atoms with Crippen molar-refractivity contribution >= 4 is 26.8 Å². The van der Waals surface area contributed by atoms with Crippen LogP contribution in [0.2, 0.25) is 0 Å². The lowest BCUT2D eigenvalue weighted by Gasteiger charge is -2.30. The van der Waals surface area contributed by atoms with Crippen LogP contribution < -0.4 is 0 Å². The lowest BCUT2D eigenvalue weighted by Crippen LogP contribution is -2.50. The van der Waals surface area contributed by atoms with Crippen LogP contribution in [-0.2, 0) is 14.8 Å². The molecule has 7 heteroatoms. The number of hydrogen-bond donors (Lipinski definition) is 1. The van der Waals surface area contributed by atoms with Gasteiger partial charge in [0.15, 0.2) is 0 Å². The Hall–Kier alpha value is -1.99. The molecule has 0 saturated carbocycles. The van der Waals surface area contributed by atoms with Crippen LogP contribution >= 0.6 is 0 Å². The number of fused-ring (bicyclic) bond motifs is 1. The number of aromatic nitrogens is 1. The first-order chi connectivity index (χ1) is 9.69. The number of rotatable bonds is 4. The normalized spacial score (nSPS) is 12.8. The standard InChI is InChI=1S/C14H16N2O4S/c1-14(2,13(17)18)16(3)21(19,20)12-6-4-5-10-9-15-8-7-11(10)12/h4-9H,1-3H3,(H,17,18). The molecule has 0 amide bonds. The molecular weight excluding hydrogens is 292 g/mol. The molecule has 0 spiro atoms. The van der Waals surface area contributed by atoms with Crippen molar-refractivity contribution in [2.45, 2.75) is 24.3 Å². The minimum absolute atomic E-state index is 0.0687. The minimum Gasteiger partial charge on any atom is -0.480 e. The van der Waals surface area contributed by atoms with Gasteiger partial charge in [-0.3, -0.25) is 9.78 Å². The topological polar surface area (TPSA) is 87.6 Å². The van der Waals surface area contributed by atoms with Gasteiger partial charge >= 0.3 is 5.97 Å². The van der Waals surface area contributed by atoms with Crippen LogP contribution in [0.3, 0.4) is 0 Å². The quantitative estimate of drug-likeness (QED) is 0.929. The highest BCUT2D eigenvalue weighted by Crippen LogP contribution is 2.28. The molecular formula is C14H16N2O4S. The average molecular weight is 308 g/mol. The highest BCUT2D eigenvalue weighted by Gasteiger charge is 2.40. The molecule has 6 nitrogen and oxygen atoms in total. The molecule has 0 fully saturated rings. The van der Waals surface area contributed by atoms with E-state index in [4.69, 9.17) is 0 Å². The molecule has 0 saturated heterocycles. The molecule has 0 atom stereocenters. The summed E-state index contributed by atoms with van der Waals surface area (Å²) in [4.78, 5) is 15.3. The fraction of sp³-hybridized carbons (Fsp3) is 0.286. The maximum Gasteiger partial charge on any atom is 0.324 e. The zero-order valence-electron chi connectivity index (χ0n) is 11.9. The third kappa shape index (κ3) is 2.50. The maximum absolute atomic E-state index is 12.7. The number of likely N-dealkylation sites (N-methyl/N-ethyl adjacent to an activating group) is 1. The Kier molecular flexibility index (Phi) is 3.73. The van der Waals surface area contributed by atoms with Gasteiger partial charge in [-0.25, -0.2) is 8.42 Å². The molecule has 0 aliphatic rings. The predicted molar refractivity (Wildman–Crippen MR) is 78.4 cm³/mol. The van der Waals surface area contributed by atoms with Crippen molar-refractivity contribution < 1.29 is 18.3 Å². The van der Waals surface area contributed by atoms with Gasteiger partial charge in [0.1, 0.15) is 5.54 Å². The van der Waals surface area contributed by atoms with Gasteiger partial charge in [0.25, 0.3) is 0 Å². The first-order valence-corrected chi connectivity index (χ1v) is 7.68. The van der Waals surface area contributed by atoms with Gasteiger partial charge in [-0.15, -0.1) is 0 Å². The van der Waals surface area contributed by atoms with E-state index in [9.17, 15) is 18.3 Å². The zero-order chi connectivity index (χ0) is 15.8. The summed E-state index contributed by atoms with van der Waals surface area (Å²) in [5.74, 6) is -1.21. The smallest absolute Gasteiger partial charge is 0.324 e. The fourth-order valence-electron chi connectivity index (χ4n) is 1.90. The second-order valence-electron chi connectivity index (χ2n) is 5.19. The van der Waals surface area contributed by atoms with Crippen LogP contribution in [0.15, 0.2) is 41.6 Å². The van der Waals surface area contributed by atoms with E-state index in [1.165, 1.54) is 33.2 Å². The summed E-state index contributed by atoms with van der Waals surface area (Å²) in [6, 6.07) is 6.43. The van der Waals surface area contributed by atoms with Gasteiger partial charge in [0.05, 0.1) is 4.90 Å². The minimum atomic E-state index is -3.94. The summed E-state index contributed by atoms with van der Waals surface area (Å²) in [6.45, 7) is 2.69. The molecule has 0 aliphatic heterocycles. The van der Waals surface area contributed by atoms with E-state index in [2.05, 4.69) is 4.98 Å². The second-order valence-corrected chi connectivity index (χ2v) is 7.13. The number of hydrogen-bond acceptors (Lipinski definition) is 4. The van der Waals surface area contributed by atoms with Gasteiger partial charge in [-0.05, 0) is 26.0 Å². The van der Waals surface area contributed by atoms with Gasteiger partial charge in [-0.2, -0.15) is 4.31 Å². The molecule has 0 unspecified atom stereocenters. The van der Waals surface area contributed by atoms with E-state index >= 15 is 0 Å². The third-order valence-corrected chi connectivity index (χ3v) is 5.68. The molecule has 0 bridgehead atoms. The van der Waals surface area contributed by atoms with Crippen molar-refractivity contribution in [3.63, 3.8) is 0 Å². The van der Waals surface area contributed by atoms with E-state index < -0.39 is 21.5 Å². The SMILES string of the molecule is CN(C(C)(C)C(=O)O)S(=O)(=O)c1cccc2cnccc12. The maximum atomic E-state index is 12.7. The molecule has 112 valence electrons. The van der Waals surface area contributed by atoms with Crippen molar-refractivity contribution in [1.82, 2.24) is 9.29 Å². The number of carboxylic acid groups (broad SMARTS) is 1. The van der Waals surface area contributed by atoms with Crippen LogP contribution in [-0.4, -0.2) is 41.4 Å². The summed E-state index contributed by atoms with van der Waals surface area (Å²) in [7, 11) is -2.68. The van der Waals surface area contributed by atoms with E-state index in [-0.39, 0.29) is 4.90 Å². The van der Waals surface area contributed by atoms with Gasteiger partial charge in [0.2, 0.25) is 10.0 Å². The largest absolute Gasteiger partial charge is 0.480 e. The molecule has 21 heavy (non-hydrogen) atoms. The number of sulfonamides is 1. The van der Waals surface area contributed by atoms with Crippen LogP contribution in [0.25, 0.3) is 10.8 Å².